The average molecular weight is 317 g/mol. The molecule has 1 unspecified atom stereocenters. The van der Waals surface area contributed by atoms with Crippen molar-refractivity contribution < 1.29 is 0 Å². The zero-order valence-corrected chi connectivity index (χ0v) is 16.5. The van der Waals surface area contributed by atoms with Crippen molar-refractivity contribution in [2.24, 2.45) is 45.8 Å². The largest absolute Gasteiger partial charge is 0.0651 e. The van der Waals surface area contributed by atoms with Crippen LogP contribution in [-0.4, -0.2) is 0 Å². The van der Waals surface area contributed by atoms with E-state index in [9.17, 15) is 0 Å². The maximum absolute atomic E-state index is 2.72. The van der Waals surface area contributed by atoms with Crippen LogP contribution in [-0.2, 0) is 0 Å². The molecule has 0 nitrogen and oxygen atoms in total. The van der Waals surface area contributed by atoms with Crippen molar-refractivity contribution in [3.05, 3.63) is 0 Å². The topological polar surface area (TPSA) is 0 Å². The van der Waals surface area contributed by atoms with E-state index < -0.39 is 0 Å². The van der Waals surface area contributed by atoms with E-state index in [1.165, 1.54) is 32.1 Å². The number of hydrogen-bond donors (Lipinski definition) is 0. The molecule has 0 bridgehead atoms. The van der Waals surface area contributed by atoms with Crippen molar-refractivity contribution in [3.63, 3.8) is 0 Å². The Morgan fingerprint density at radius 3 is 2.35 bits per heavy atom. The maximum Gasteiger partial charge on any atom is -0.0261 e. The van der Waals surface area contributed by atoms with Crippen molar-refractivity contribution in [3.8, 4) is 0 Å². The van der Waals surface area contributed by atoms with Crippen LogP contribution in [0.2, 0.25) is 0 Å². The van der Waals surface area contributed by atoms with E-state index in [2.05, 4.69) is 34.6 Å². The minimum Gasteiger partial charge on any atom is -0.0651 e. The van der Waals surface area contributed by atoms with Crippen molar-refractivity contribution >= 4 is 0 Å². The molecule has 0 aromatic heterocycles. The fourth-order valence-electron chi connectivity index (χ4n) is 9.07. The van der Waals surface area contributed by atoms with Crippen LogP contribution in [0.25, 0.3) is 0 Å². The maximum atomic E-state index is 2.72. The molecule has 4 aliphatic rings. The van der Waals surface area contributed by atoms with Gasteiger partial charge < -0.3 is 0 Å². The molecule has 0 aliphatic heterocycles. The first-order valence-corrected chi connectivity index (χ1v) is 10.8. The molecular formula is C23H40. The first-order valence-electron chi connectivity index (χ1n) is 10.8. The van der Waals surface area contributed by atoms with E-state index in [4.69, 9.17) is 0 Å². The highest BCUT2D eigenvalue weighted by atomic mass is 14.7. The predicted octanol–water partition coefficient (Wildman–Crippen LogP) is 7.08. The second-order valence-electron chi connectivity index (χ2n) is 11.1. The highest BCUT2D eigenvalue weighted by molar-refractivity contribution is 5.12. The van der Waals surface area contributed by atoms with Gasteiger partial charge in [-0.1, -0.05) is 53.9 Å². The number of fused-ring (bicyclic) bond motifs is 5. The van der Waals surface area contributed by atoms with E-state index in [0.29, 0.717) is 16.2 Å². The lowest BCUT2D eigenvalue weighted by Crippen LogP contribution is -2.54. The summed E-state index contributed by atoms with van der Waals surface area (Å²) in [6.45, 7) is 13.1. The van der Waals surface area contributed by atoms with Gasteiger partial charge in [-0.3, -0.25) is 0 Å². The van der Waals surface area contributed by atoms with Crippen molar-refractivity contribution in [2.45, 2.75) is 98.8 Å². The molecule has 23 heavy (non-hydrogen) atoms. The molecule has 0 heteroatoms. The third-order valence-electron chi connectivity index (χ3n) is 9.84. The summed E-state index contributed by atoms with van der Waals surface area (Å²) in [5.74, 6) is 5.14. The van der Waals surface area contributed by atoms with Crippen LogP contribution < -0.4 is 0 Å². The van der Waals surface area contributed by atoms with Gasteiger partial charge in [0.15, 0.2) is 0 Å². The van der Waals surface area contributed by atoms with Crippen LogP contribution in [0.4, 0.5) is 0 Å². The Morgan fingerprint density at radius 2 is 1.61 bits per heavy atom. The molecule has 132 valence electrons. The van der Waals surface area contributed by atoms with Crippen LogP contribution in [0.15, 0.2) is 0 Å². The molecule has 4 saturated carbocycles. The molecule has 0 N–H and O–H groups in total. The Balaban J connectivity index is 1.70. The molecule has 4 rings (SSSR count). The molecule has 0 amide bonds. The fraction of sp³-hybridized carbons (Fsp3) is 1.00. The molecule has 0 spiro atoms. The SMILES string of the molecule is CC[C@H]1CC(C)(C)[C@H]2[C@@H]3CCC4CCCC[C@]4(C)[C@H]3CC[C@]12C. The van der Waals surface area contributed by atoms with E-state index >= 15 is 0 Å². The van der Waals surface area contributed by atoms with Crippen molar-refractivity contribution in [1.82, 2.24) is 0 Å². The molecule has 0 heterocycles. The van der Waals surface area contributed by atoms with Crippen LogP contribution >= 0.6 is 0 Å². The van der Waals surface area contributed by atoms with Gasteiger partial charge in [0.05, 0.1) is 0 Å². The van der Waals surface area contributed by atoms with Gasteiger partial charge in [-0.15, -0.1) is 0 Å². The zero-order chi connectivity index (χ0) is 16.5. The van der Waals surface area contributed by atoms with E-state index in [1.54, 1.807) is 32.1 Å². The number of rotatable bonds is 1. The lowest BCUT2D eigenvalue weighted by Gasteiger charge is -2.62. The minimum absolute atomic E-state index is 0.580. The summed E-state index contributed by atoms with van der Waals surface area (Å²) >= 11 is 0. The molecule has 0 aromatic rings. The molecule has 7 atom stereocenters. The van der Waals surface area contributed by atoms with Crippen molar-refractivity contribution in [2.75, 3.05) is 0 Å². The fourth-order valence-corrected chi connectivity index (χ4v) is 9.07. The van der Waals surface area contributed by atoms with Crippen LogP contribution in [0, 0.1) is 45.8 Å². The van der Waals surface area contributed by atoms with E-state index in [1.807, 2.05) is 0 Å². The second-order valence-corrected chi connectivity index (χ2v) is 11.1. The summed E-state index contributed by atoms with van der Waals surface area (Å²) < 4.78 is 0. The van der Waals surface area contributed by atoms with Gasteiger partial charge >= 0.3 is 0 Å². The molecule has 4 fully saturated rings. The van der Waals surface area contributed by atoms with Crippen LogP contribution in [0.1, 0.15) is 98.8 Å². The predicted molar refractivity (Wildman–Crippen MR) is 99.3 cm³/mol. The Hall–Kier alpha value is 0. The van der Waals surface area contributed by atoms with Gasteiger partial charge in [-0.05, 0) is 90.8 Å². The third kappa shape index (κ3) is 2.15. The van der Waals surface area contributed by atoms with E-state index in [-0.39, 0.29) is 0 Å². The zero-order valence-electron chi connectivity index (χ0n) is 16.5. The summed E-state index contributed by atoms with van der Waals surface area (Å²) in [5, 5.41) is 0. The Morgan fingerprint density at radius 1 is 0.826 bits per heavy atom. The second kappa shape index (κ2) is 5.25. The lowest BCUT2D eigenvalue weighted by molar-refractivity contribution is -0.128. The number of hydrogen-bond acceptors (Lipinski definition) is 0. The van der Waals surface area contributed by atoms with E-state index in [0.717, 1.165) is 29.6 Å². The Bertz CT molecular complexity index is 463. The molecule has 0 radical (unpaired) electrons. The summed E-state index contributed by atoms with van der Waals surface area (Å²) in [6.07, 6.45) is 15.2. The van der Waals surface area contributed by atoms with Gasteiger partial charge in [0.2, 0.25) is 0 Å². The lowest BCUT2D eigenvalue weighted by atomic mass is 9.43. The highest BCUT2D eigenvalue weighted by Gasteiger charge is 2.63. The van der Waals surface area contributed by atoms with Crippen LogP contribution in [0.5, 0.6) is 0 Å². The molecular weight excluding hydrogens is 276 g/mol. The van der Waals surface area contributed by atoms with Gasteiger partial charge in [0.1, 0.15) is 0 Å². The minimum atomic E-state index is 0.580. The van der Waals surface area contributed by atoms with Crippen LogP contribution in [0.3, 0.4) is 0 Å². The molecule has 0 aromatic carbocycles. The summed E-state index contributed by atoms with van der Waals surface area (Å²) in [5.41, 5.74) is 1.93. The first-order chi connectivity index (χ1) is 10.8. The highest BCUT2D eigenvalue weighted by Crippen LogP contribution is 2.71. The molecule has 0 saturated heterocycles. The van der Waals surface area contributed by atoms with Gasteiger partial charge in [0, 0.05) is 0 Å². The smallest absolute Gasteiger partial charge is 0.0261 e. The summed E-state index contributed by atoms with van der Waals surface area (Å²) in [6, 6.07) is 0. The van der Waals surface area contributed by atoms with Gasteiger partial charge in [0.25, 0.3) is 0 Å². The first kappa shape index (κ1) is 16.5. The quantitative estimate of drug-likeness (QED) is 0.485. The normalized spacial score (nSPS) is 54.9. The van der Waals surface area contributed by atoms with Gasteiger partial charge in [-0.2, -0.15) is 0 Å². The summed E-state index contributed by atoms with van der Waals surface area (Å²) in [7, 11) is 0. The standard InChI is InChI=1S/C23H40/c1-6-16-15-21(2,3)20-18-11-10-17-9-7-8-13-22(17,4)19(18)12-14-23(16,20)5/h16-20H,6-15H2,1-5H3/t16-,17?,18+,19-,20+,22-,23+/m0/s1. The summed E-state index contributed by atoms with van der Waals surface area (Å²) in [4.78, 5) is 0. The monoisotopic (exact) mass is 316 g/mol. The molecule has 4 aliphatic carbocycles. The van der Waals surface area contributed by atoms with Crippen molar-refractivity contribution in [1.29, 1.82) is 0 Å². The average Bonchev–Trinajstić information content (AvgIpc) is 2.72. The Kier molecular flexibility index (Phi) is 3.76. The van der Waals surface area contributed by atoms with Gasteiger partial charge in [-0.25, -0.2) is 0 Å². The third-order valence-corrected chi connectivity index (χ3v) is 9.84. The Labute approximate surface area is 145 Å².